The van der Waals surface area contributed by atoms with E-state index in [-0.39, 0.29) is 12.4 Å². The van der Waals surface area contributed by atoms with Gasteiger partial charge in [0, 0.05) is 0 Å². The van der Waals surface area contributed by atoms with Crippen LogP contribution >= 0.6 is 0 Å². The minimum atomic E-state index is -0.149. The first-order chi connectivity index (χ1) is 5.67. The maximum atomic E-state index is 8.71. The molecule has 0 bridgehead atoms. The molecule has 1 aliphatic rings. The van der Waals surface area contributed by atoms with Crippen LogP contribution in [0, 0.1) is 5.92 Å². The minimum absolute atomic E-state index is 0.130. The average molecular weight is 172 g/mol. The summed E-state index contributed by atoms with van der Waals surface area (Å²) in [5.74, 6) is 0.637. The SMILES string of the molecule is CC(C)(OCO)C1CCCCC1. The Labute approximate surface area is 74.9 Å². The van der Waals surface area contributed by atoms with Crippen LogP contribution in [0.2, 0.25) is 0 Å². The molecule has 1 rings (SSSR count). The topological polar surface area (TPSA) is 29.5 Å². The van der Waals surface area contributed by atoms with Crippen LogP contribution in [0.3, 0.4) is 0 Å². The molecule has 1 fully saturated rings. The van der Waals surface area contributed by atoms with Crippen LogP contribution in [-0.4, -0.2) is 17.5 Å². The van der Waals surface area contributed by atoms with Gasteiger partial charge >= 0.3 is 0 Å². The van der Waals surface area contributed by atoms with Crippen molar-refractivity contribution < 1.29 is 9.84 Å². The van der Waals surface area contributed by atoms with Crippen LogP contribution in [0.1, 0.15) is 46.0 Å². The molecule has 1 aliphatic carbocycles. The molecule has 0 aliphatic heterocycles. The lowest BCUT2D eigenvalue weighted by molar-refractivity contribution is -0.131. The van der Waals surface area contributed by atoms with Gasteiger partial charge in [-0.3, -0.25) is 0 Å². The van der Waals surface area contributed by atoms with E-state index < -0.39 is 0 Å². The van der Waals surface area contributed by atoms with Crippen LogP contribution < -0.4 is 0 Å². The van der Waals surface area contributed by atoms with Crippen molar-refractivity contribution in [1.82, 2.24) is 0 Å². The molecule has 0 aromatic heterocycles. The third-order valence-electron chi connectivity index (χ3n) is 3.02. The van der Waals surface area contributed by atoms with Gasteiger partial charge in [0.05, 0.1) is 5.60 Å². The lowest BCUT2D eigenvalue weighted by Gasteiger charge is -2.36. The summed E-state index contributed by atoms with van der Waals surface area (Å²) >= 11 is 0. The highest BCUT2D eigenvalue weighted by atomic mass is 16.6. The number of rotatable bonds is 3. The van der Waals surface area contributed by atoms with Gasteiger partial charge in [-0.25, -0.2) is 0 Å². The summed E-state index contributed by atoms with van der Waals surface area (Å²) in [7, 11) is 0. The Kier molecular flexibility index (Phi) is 3.53. The summed E-state index contributed by atoms with van der Waals surface area (Å²) in [5.41, 5.74) is -0.130. The molecule has 0 atom stereocenters. The molecule has 0 aromatic carbocycles. The molecule has 0 unspecified atom stereocenters. The molecule has 72 valence electrons. The number of ether oxygens (including phenoxy) is 1. The highest BCUT2D eigenvalue weighted by Gasteiger charge is 2.30. The number of hydrogen-bond donors (Lipinski definition) is 1. The van der Waals surface area contributed by atoms with Crippen LogP contribution in [0.25, 0.3) is 0 Å². The molecule has 1 saturated carbocycles. The van der Waals surface area contributed by atoms with E-state index in [2.05, 4.69) is 13.8 Å². The van der Waals surface area contributed by atoms with E-state index in [4.69, 9.17) is 9.84 Å². The molecule has 0 radical (unpaired) electrons. The summed E-state index contributed by atoms with van der Waals surface area (Å²) < 4.78 is 5.32. The Balaban J connectivity index is 2.41. The molecule has 0 heterocycles. The van der Waals surface area contributed by atoms with Gasteiger partial charge in [0.15, 0.2) is 0 Å². The van der Waals surface area contributed by atoms with E-state index in [0.717, 1.165) is 0 Å². The van der Waals surface area contributed by atoms with Crippen LogP contribution in [-0.2, 0) is 4.74 Å². The van der Waals surface area contributed by atoms with Crippen molar-refractivity contribution in [3.63, 3.8) is 0 Å². The predicted octanol–water partition coefficient (Wildman–Crippen LogP) is 2.31. The monoisotopic (exact) mass is 172 g/mol. The fourth-order valence-electron chi connectivity index (χ4n) is 2.08. The number of aliphatic hydroxyl groups excluding tert-OH is 1. The van der Waals surface area contributed by atoms with Crippen LogP contribution in [0.4, 0.5) is 0 Å². The molecule has 1 N–H and O–H groups in total. The first kappa shape index (κ1) is 10.0. The molecule has 0 aromatic rings. The van der Waals surface area contributed by atoms with Gasteiger partial charge in [-0.1, -0.05) is 19.3 Å². The fraction of sp³-hybridized carbons (Fsp3) is 1.00. The zero-order chi connectivity index (χ0) is 9.03. The summed E-state index contributed by atoms with van der Waals surface area (Å²) in [6.45, 7) is 4.02. The smallest absolute Gasteiger partial charge is 0.144 e. The van der Waals surface area contributed by atoms with E-state index in [1.54, 1.807) is 0 Å². The molecule has 0 saturated heterocycles. The highest BCUT2D eigenvalue weighted by molar-refractivity contribution is 4.81. The van der Waals surface area contributed by atoms with E-state index in [0.29, 0.717) is 5.92 Å². The Hall–Kier alpha value is -0.0800. The van der Waals surface area contributed by atoms with Crippen molar-refractivity contribution in [3.8, 4) is 0 Å². The van der Waals surface area contributed by atoms with Crippen molar-refractivity contribution >= 4 is 0 Å². The molecule has 2 heteroatoms. The Bertz CT molecular complexity index is 126. The van der Waals surface area contributed by atoms with Crippen LogP contribution in [0.5, 0.6) is 0 Å². The first-order valence-corrected chi connectivity index (χ1v) is 4.91. The van der Waals surface area contributed by atoms with Gasteiger partial charge in [0.1, 0.15) is 6.79 Å². The first-order valence-electron chi connectivity index (χ1n) is 4.91. The van der Waals surface area contributed by atoms with Crippen molar-refractivity contribution in [2.45, 2.75) is 51.6 Å². The Morgan fingerprint density at radius 3 is 2.33 bits per heavy atom. The van der Waals surface area contributed by atoms with Gasteiger partial charge < -0.3 is 9.84 Å². The molecule has 12 heavy (non-hydrogen) atoms. The van der Waals surface area contributed by atoms with Gasteiger partial charge in [-0.15, -0.1) is 0 Å². The summed E-state index contributed by atoms with van der Waals surface area (Å²) in [6, 6.07) is 0. The normalized spacial score (nSPS) is 21.2. The molecule has 0 spiro atoms. The van der Waals surface area contributed by atoms with E-state index >= 15 is 0 Å². The van der Waals surface area contributed by atoms with E-state index in [1.807, 2.05) is 0 Å². The second-order valence-electron chi connectivity index (χ2n) is 4.21. The molecular weight excluding hydrogens is 152 g/mol. The second kappa shape index (κ2) is 4.24. The average Bonchev–Trinajstić information content (AvgIpc) is 2.06. The highest BCUT2D eigenvalue weighted by Crippen LogP contribution is 2.34. The van der Waals surface area contributed by atoms with Crippen LogP contribution in [0.15, 0.2) is 0 Å². The number of hydrogen-bond acceptors (Lipinski definition) is 2. The zero-order valence-corrected chi connectivity index (χ0v) is 8.18. The van der Waals surface area contributed by atoms with Crippen molar-refractivity contribution in [1.29, 1.82) is 0 Å². The van der Waals surface area contributed by atoms with Crippen molar-refractivity contribution in [2.24, 2.45) is 5.92 Å². The number of aliphatic hydroxyl groups is 1. The Morgan fingerprint density at radius 1 is 1.25 bits per heavy atom. The van der Waals surface area contributed by atoms with E-state index in [1.165, 1.54) is 32.1 Å². The van der Waals surface area contributed by atoms with Gasteiger partial charge in [-0.2, -0.15) is 0 Å². The molecule has 0 amide bonds. The second-order valence-corrected chi connectivity index (χ2v) is 4.21. The quantitative estimate of drug-likeness (QED) is 0.662. The maximum absolute atomic E-state index is 8.71. The summed E-state index contributed by atoms with van der Waals surface area (Å²) in [4.78, 5) is 0. The van der Waals surface area contributed by atoms with Crippen molar-refractivity contribution in [3.05, 3.63) is 0 Å². The van der Waals surface area contributed by atoms with E-state index in [9.17, 15) is 0 Å². The van der Waals surface area contributed by atoms with Gasteiger partial charge in [0.25, 0.3) is 0 Å². The fourth-order valence-corrected chi connectivity index (χ4v) is 2.08. The standard InChI is InChI=1S/C10H20O2/c1-10(2,12-8-11)9-6-4-3-5-7-9/h9,11H,3-8H2,1-2H3. The summed E-state index contributed by atoms with van der Waals surface area (Å²) in [6.07, 6.45) is 6.53. The van der Waals surface area contributed by atoms with Gasteiger partial charge in [0.2, 0.25) is 0 Å². The van der Waals surface area contributed by atoms with Gasteiger partial charge in [-0.05, 0) is 32.6 Å². The summed E-state index contributed by atoms with van der Waals surface area (Å²) in [5, 5.41) is 8.71. The lowest BCUT2D eigenvalue weighted by atomic mass is 9.79. The predicted molar refractivity (Wildman–Crippen MR) is 48.8 cm³/mol. The Morgan fingerprint density at radius 2 is 1.83 bits per heavy atom. The third-order valence-corrected chi connectivity index (χ3v) is 3.02. The molecular formula is C10H20O2. The zero-order valence-electron chi connectivity index (χ0n) is 8.18. The maximum Gasteiger partial charge on any atom is 0.144 e. The van der Waals surface area contributed by atoms with Crippen molar-refractivity contribution in [2.75, 3.05) is 6.79 Å². The largest absolute Gasteiger partial charge is 0.371 e. The third kappa shape index (κ3) is 2.46. The molecule has 2 nitrogen and oxygen atoms in total. The minimum Gasteiger partial charge on any atom is -0.371 e. The lowest BCUT2D eigenvalue weighted by Crippen LogP contribution is -2.36.